The van der Waals surface area contributed by atoms with Gasteiger partial charge in [-0.15, -0.1) is 11.6 Å². The summed E-state index contributed by atoms with van der Waals surface area (Å²) in [4.78, 5) is 2.12. The predicted molar refractivity (Wildman–Crippen MR) is 49.1 cm³/mol. The lowest BCUT2D eigenvalue weighted by Gasteiger charge is -2.25. The highest BCUT2D eigenvalue weighted by atomic mass is 35.5. The molecule has 2 atom stereocenters. The van der Waals surface area contributed by atoms with Crippen molar-refractivity contribution in [3.8, 4) is 0 Å². The molecule has 0 aromatic heterocycles. The van der Waals surface area contributed by atoms with Crippen molar-refractivity contribution in [2.45, 2.75) is 19.9 Å². The van der Waals surface area contributed by atoms with Crippen molar-refractivity contribution in [1.82, 2.24) is 4.90 Å². The van der Waals surface area contributed by atoms with E-state index in [0.29, 0.717) is 11.8 Å². The van der Waals surface area contributed by atoms with E-state index >= 15 is 0 Å². The SMILES string of the molecule is CC(CCl)CN(C)C(C)CO. The average Bonchev–Trinajstić information content (AvgIpc) is 2.02. The molecule has 0 aliphatic rings. The first-order chi connectivity index (χ1) is 5.11. The average molecular weight is 180 g/mol. The summed E-state index contributed by atoms with van der Waals surface area (Å²) in [5.41, 5.74) is 0. The molecule has 0 bridgehead atoms. The van der Waals surface area contributed by atoms with Crippen LogP contribution in [0.25, 0.3) is 0 Å². The van der Waals surface area contributed by atoms with Gasteiger partial charge in [-0.1, -0.05) is 6.92 Å². The van der Waals surface area contributed by atoms with Crippen LogP contribution < -0.4 is 0 Å². The molecule has 3 heteroatoms. The number of halogens is 1. The monoisotopic (exact) mass is 179 g/mol. The zero-order valence-corrected chi connectivity index (χ0v) is 8.30. The second-order valence-corrected chi connectivity index (χ2v) is 3.54. The Balaban J connectivity index is 3.58. The van der Waals surface area contributed by atoms with Gasteiger partial charge in [0.2, 0.25) is 0 Å². The minimum Gasteiger partial charge on any atom is -0.395 e. The van der Waals surface area contributed by atoms with Crippen molar-refractivity contribution >= 4 is 11.6 Å². The maximum absolute atomic E-state index is 8.82. The first-order valence-electron chi connectivity index (χ1n) is 3.98. The van der Waals surface area contributed by atoms with Crippen molar-refractivity contribution in [1.29, 1.82) is 0 Å². The summed E-state index contributed by atoms with van der Waals surface area (Å²) < 4.78 is 0. The van der Waals surface area contributed by atoms with E-state index in [1.54, 1.807) is 0 Å². The van der Waals surface area contributed by atoms with Crippen molar-refractivity contribution in [2.75, 3.05) is 26.1 Å². The molecule has 0 amide bonds. The maximum atomic E-state index is 8.82. The minimum atomic E-state index is 0.214. The van der Waals surface area contributed by atoms with Gasteiger partial charge < -0.3 is 10.0 Å². The van der Waals surface area contributed by atoms with Gasteiger partial charge in [-0.25, -0.2) is 0 Å². The van der Waals surface area contributed by atoms with Crippen molar-refractivity contribution in [3.05, 3.63) is 0 Å². The molecule has 68 valence electrons. The van der Waals surface area contributed by atoms with E-state index in [1.807, 2.05) is 14.0 Å². The van der Waals surface area contributed by atoms with Crippen LogP contribution in [-0.4, -0.2) is 42.1 Å². The summed E-state index contributed by atoms with van der Waals surface area (Å²) in [5, 5.41) is 8.82. The van der Waals surface area contributed by atoms with Gasteiger partial charge >= 0.3 is 0 Å². The Kier molecular flexibility index (Phi) is 5.92. The number of nitrogens with zero attached hydrogens (tertiary/aromatic N) is 1. The Morgan fingerprint density at radius 2 is 2.00 bits per heavy atom. The van der Waals surface area contributed by atoms with Crippen molar-refractivity contribution in [2.24, 2.45) is 5.92 Å². The second kappa shape index (κ2) is 5.81. The summed E-state index contributed by atoms with van der Waals surface area (Å²) >= 11 is 5.65. The van der Waals surface area contributed by atoms with Gasteiger partial charge in [0.25, 0.3) is 0 Å². The van der Waals surface area contributed by atoms with Crippen LogP contribution in [0, 0.1) is 5.92 Å². The molecule has 0 aliphatic heterocycles. The molecule has 0 aromatic carbocycles. The molecule has 2 nitrogen and oxygen atoms in total. The summed E-state index contributed by atoms with van der Waals surface area (Å²) in [6.45, 7) is 5.27. The smallest absolute Gasteiger partial charge is 0.0584 e. The third-order valence-electron chi connectivity index (χ3n) is 1.88. The van der Waals surface area contributed by atoms with Crippen LogP contribution in [0.2, 0.25) is 0 Å². The molecule has 0 aromatic rings. The molecule has 0 saturated carbocycles. The lowest BCUT2D eigenvalue weighted by atomic mass is 10.2. The topological polar surface area (TPSA) is 23.5 Å². The number of hydrogen-bond donors (Lipinski definition) is 1. The lowest BCUT2D eigenvalue weighted by Crippen LogP contribution is -2.35. The number of hydrogen-bond acceptors (Lipinski definition) is 2. The van der Waals surface area contributed by atoms with Crippen LogP contribution in [0.15, 0.2) is 0 Å². The molecule has 11 heavy (non-hydrogen) atoms. The van der Waals surface area contributed by atoms with Gasteiger partial charge in [0.15, 0.2) is 0 Å². The van der Waals surface area contributed by atoms with Gasteiger partial charge in [0, 0.05) is 18.5 Å². The molecule has 2 unspecified atom stereocenters. The molecule has 1 N–H and O–H groups in total. The molecule has 0 aliphatic carbocycles. The van der Waals surface area contributed by atoms with E-state index in [4.69, 9.17) is 16.7 Å². The van der Waals surface area contributed by atoms with Gasteiger partial charge in [-0.05, 0) is 19.9 Å². The Bertz CT molecular complexity index is 100. The predicted octanol–water partition coefficient (Wildman–Crippen LogP) is 1.17. The fourth-order valence-electron chi connectivity index (χ4n) is 0.860. The fourth-order valence-corrected chi connectivity index (χ4v) is 0.957. The van der Waals surface area contributed by atoms with Crippen LogP contribution >= 0.6 is 11.6 Å². The van der Waals surface area contributed by atoms with E-state index in [9.17, 15) is 0 Å². The molecule has 0 radical (unpaired) electrons. The molecular weight excluding hydrogens is 162 g/mol. The fraction of sp³-hybridized carbons (Fsp3) is 1.00. The third kappa shape index (κ3) is 4.62. The van der Waals surface area contributed by atoms with Crippen molar-refractivity contribution in [3.63, 3.8) is 0 Å². The van der Waals surface area contributed by atoms with Crippen LogP contribution in [0.5, 0.6) is 0 Å². The summed E-state index contributed by atoms with van der Waals surface area (Å²) in [6.07, 6.45) is 0. The van der Waals surface area contributed by atoms with Gasteiger partial charge in [-0.2, -0.15) is 0 Å². The molecule has 0 heterocycles. The van der Waals surface area contributed by atoms with Gasteiger partial charge in [0.05, 0.1) is 6.61 Å². The number of likely N-dealkylation sites (N-methyl/N-ethyl adjacent to an activating group) is 1. The molecule has 0 spiro atoms. The lowest BCUT2D eigenvalue weighted by molar-refractivity contribution is 0.148. The molecule has 0 rings (SSSR count). The van der Waals surface area contributed by atoms with Crippen LogP contribution in [-0.2, 0) is 0 Å². The van der Waals surface area contributed by atoms with Crippen LogP contribution in [0.1, 0.15) is 13.8 Å². The zero-order chi connectivity index (χ0) is 8.85. The highest BCUT2D eigenvalue weighted by molar-refractivity contribution is 6.18. The summed E-state index contributed by atoms with van der Waals surface area (Å²) in [5.74, 6) is 1.18. The van der Waals surface area contributed by atoms with E-state index in [0.717, 1.165) is 6.54 Å². The van der Waals surface area contributed by atoms with Gasteiger partial charge in [-0.3, -0.25) is 0 Å². The summed E-state index contributed by atoms with van der Waals surface area (Å²) in [7, 11) is 2.00. The standard InChI is InChI=1S/C8H18ClNO/c1-7(4-9)5-10(3)8(2)6-11/h7-8,11H,4-6H2,1-3H3. The largest absolute Gasteiger partial charge is 0.395 e. The summed E-state index contributed by atoms with van der Waals surface area (Å²) in [6, 6.07) is 0.237. The quantitative estimate of drug-likeness (QED) is 0.641. The number of aliphatic hydroxyl groups excluding tert-OH is 1. The first kappa shape index (κ1) is 11.2. The number of aliphatic hydroxyl groups is 1. The Labute approximate surface area is 74.2 Å². The molecule has 0 fully saturated rings. The number of alkyl halides is 1. The second-order valence-electron chi connectivity index (χ2n) is 3.23. The normalized spacial score (nSPS) is 16.9. The van der Waals surface area contributed by atoms with E-state index in [1.165, 1.54) is 0 Å². The zero-order valence-electron chi connectivity index (χ0n) is 7.55. The number of rotatable bonds is 5. The van der Waals surface area contributed by atoms with E-state index in [-0.39, 0.29) is 12.6 Å². The van der Waals surface area contributed by atoms with E-state index < -0.39 is 0 Å². The Morgan fingerprint density at radius 1 is 1.45 bits per heavy atom. The van der Waals surface area contributed by atoms with Gasteiger partial charge in [0.1, 0.15) is 0 Å². The van der Waals surface area contributed by atoms with E-state index in [2.05, 4.69) is 11.8 Å². The molecular formula is C8H18ClNO. The Hall–Kier alpha value is 0.210. The van der Waals surface area contributed by atoms with Crippen molar-refractivity contribution < 1.29 is 5.11 Å². The minimum absolute atomic E-state index is 0.214. The molecule has 0 saturated heterocycles. The third-order valence-corrected chi connectivity index (χ3v) is 2.41. The Morgan fingerprint density at radius 3 is 2.36 bits per heavy atom. The maximum Gasteiger partial charge on any atom is 0.0584 e. The van der Waals surface area contributed by atoms with Crippen LogP contribution in [0.4, 0.5) is 0 Å². The highest BCUT2D eigenvalue weighted by Crippen LogP contribution is 2.03. The first-order valence-corrected chi connectivity index (χ1v) is 4.52. The van der Waals surface area contributed by atoms with Crippen LogP contribution in [0.3, 0.4) is 0 Å². The highest BCUT2D eigenvalue weighted by Gasteiger charge is 2.10.